The van der Waals surface area contributed by atoms with Gasteiger partial charge in [0.15, 0.2) is 11.4 Å². The highest BCUT2D eigenvalue weighted by molar-refractivity contribution is 6.19. The van der Waals surface area contributed by atoms with Crippen molar-refractivity contribution in [2.45, 2.75) is 39.3 Å². The van der Waals surface area contributed by atoms with Gasteiger partial charge in [-0.2, -0.15) is 8.78 Å². The van der Waals surface area contributed by atoms with Crippen LogP contribution >= 0.6 is 0 Å². The number of ether oxygens (including phenoxy) is 1. The van der Waals surface area contributed by atoms with Gasteiger partial charge in [-0.1, -0.05) is 55.5 Å². The lowest BCUT2D eigenvalue weighted by atomic mass is 10.0. The number of benzene rings is 2. The summed E-state index contributed by atoms with van der Waals surface area (Å²) in [6.45, 7) is -0.152. The second-order valence-corrected chi connectivity index (χ2v) is 8.46. The van der Waals surface area contributed by atoms with E-state index in [1.165, 1.54) is 6.92 Å². The van der Waals surface area contributed by atoms with Crippen LogP contribution in [0.4, 0.5) is 14.5 Å². The van der Waals surface area contributed by atoms with Crippen molar-refractivity contribution in [3.05, 3.63) is 89.3 Å². The Balaban J connectivity index is 1.79. The first-order valence-electron chi connectivity index (χ1n) is 11.9. The highest BCUT2D eigenvalue weighted by atomic mass is 19.3. The van der Waals surface area contributed by atoms with Crippen molar-refractivity contribution < 1.29 is 32.3 Å². The molecule has 0 spiro atoms. The number of pyridine rings is 1. The minimum absolute atomic E-state index is 0.0413. The molecule has 1 atom stereocenters. The summed E-state index contributed by atoms with van der Waals surface area (Å²) >= 11 is 0. The van der Waals surface area contributed by atoms with E-state index in [2.05, 4.69) is 20.4 Å². The van der Waals surface area contributed by atoms with Crippen LogP contribution in [0.15, 0.2) is 71.3 Å². The molecule has 0 bridgehead atoms. The second-order valence-electron chi connectivity index (χ2n) is 8.46. The van der Waals surface area contributed by atoms with Crippen LogP contribution in [0, 0.1) is 0 Å². The molecule has 196 valence electrons. The average Bonchev–Trinajstić information content (AvgIpc) is 3.29. The average molecular weight is 522 g/mol. The summed E-state index contributed by atoms with van der Waals surface area (Å²) in [5.41, 5.74) is 0.905. The Labute approximate surface area is 217 Å². The summed E-state index contributed by atoms with van der Waals surface area (Å²) in [7, 11) is 0. The van der Waals surface area contributed by atoms with Gasteiger partial charge >= 0.3 is 6.61 Å². The zero-order valence-corrected chi connectivity index (χ0v) is 20.7. The van der Waals surface area contributed by atoms with Crippen molar-refractivity contribution in [3.8, 4) is 5.88 Å². The molecule has 0 aliphatic heterocycles. The van der Waals surface area contributed by atoms with E-state index in [-0.39, 0.29) is 46.5 Å². The summed E-state index contributed by atoms with van der Waals surface area (Å²) in [4.78, 5) is 43.1. The molecule has 4 aromatic rings. The molecule has 2 aromatic carbocycles. The Kier molecular flexibility index (Phi) is 8.10. The quantitative estimate of drug-likeness (QED) is 0.298. The SMILES string of the molecule is CCc1oc2c(OC(F)F)ncc(C(=O)Nc3ccccc3)c2c1C(=O)NC(Cc1ccccc1)C(C)=O. The van der Waals surface area contributed by atoms with E-state index in [1.54, 1.807) is 37.3 Å². The maximum absolute atomic E-state index is 13.6. The first kappa shape index (κ1) is 26.5. The van der Waals surface area contributed by atoms with E-state index in [1.807, 2.05) is 30.3 Å². The number of nitrogens with zero attached hydrogens (tertiary/aromatic N) is 1. The number of hydrogen-bond acceptors (Lipinski definition) is 6. The molecule has 2 N–H and O–H groups in total. The predicted molar refractivity (Wildman–Crippen MR) is 136 cm³/mol. The molecule has 4 rings (SSSR count). The number of anilines is 1. The van der Waals surface area contributed by atoms with E-state index < -0.39 is 30.3 Å². The fourth-order valence-corrected chi connectivity index (χ4v) is 4.06. The maximum atomic E-state index is 13.6. The number of rotatable bonds is 10. The summed E-state index contributed by atoms with van der Waals surface area (Å²) < 4.78 is 36.5. The molecule has 0 saturated carbocycles. The number of carbonyl (C=O) groups excluding carboxylic acids is 3. The third-order valence-corrected chi connectivity index (χ3v) is 5.86. The normalized spacial score (nSPS) is 11.8. The van der Waals surface area contributed by atoms with Crippen molar-refractivity contribution in [2.24, 2.45) is 0 Å². The van der Waals surface area contributed by atoms with Crippen LogP contribution in [0.5, 0.6) is 5.88 Å². The van der Waals surface area contributed by atoms with E-state index in [9.17, 15) is 23.2 Å². The molecule has 2 amide bonds. The minimum Gasteiger partial charge on any atom is -0.454 e. The standard InChI is InChI=1S/C28H25F2N3O5/c1-3-21-23(26(36)33-20(16(2)34)14-17-10-6-4-7-11-17)22-19(25(35)32-18-12-8-5-9-13-18)15-31-27(24(22)37-21)38-28(29)30/h4-13,15,20,28H,3,14H2,1-2H3,(H,32,35)(H,33,36). The van der Waals surface area contributed by atoms with Crippen molar-refractivity contribution in [3.63, 3.8) is 0 Å². The van der Waals surface area contributed by atoms with Crippen molar-refractivity contribution in [1.29, 1.82) is 0 Å². The second kappa shape index (κ2) is 11.6. The molecule has 0 aliphatic rings. The lowest BCUT2D eigenvalue weighted by molar-refractivity contribution is -0.118. The number of halogens is 2. The molecule has 0 radical (unpaired) electrons. The zero-order valence-electron chi connectivity index (χ0n) is 20.7. The number of aromatic nitrogens is 1. The van der Waals surface area contributed by atoms with Crippen molar-refractivity contribution in [2.75, 3.05) is 5.32 Å². The number of aryl methyl sites for hydroxylation is 1. The Bertz CT molecular complexity index is 1460. The lowest BCUT2D eigenvalue weighted by Crippen LogP contribution is -2.41. The van der Waals surface area contributed by atoms with Gasteiger partial charge in [-0.25, -0.2) is 4.98 Å². The molecule has 2 aromatic heterocycles. The first-order valence-corrected chi connectivity index (χ1v) is 11.9. The lowest BCUT2D eigenvalue weighted by Gasteiger charge is -2.16. The number of carbonyl (C=O) groups is 3. The van der Waals surface area contributed by atoms with Crippen LogP contribution in [0.3, 0.4) is 0 Å². The third-order valence-electron chi connectivity index (χ3n) is 5.86. The van der Waals surface area contributed by atoms with Crippen molar-refractivity contribution in [1.82, 2.24) is 10.3 Å². The largest absolute Gasteiger partial charge is 0.454 e. The molecular formula is C28H25F2N3O5. The van der Waals surface area contributed by atoms with Crippen molar-refractivity contribution >= 4 is 34.3 Å². The predicted octanol–water partition coefficient (Wildman–Crippen LogP) is 5.17. The highest BCUT2D eigenvalue weighted by Gasteiger charge is 2.30. The summed E-state index contributed by atoms with van der Waals surface area (Å²) in [5, 5.41) is 5.38. The van der Waals surface area contributed by atoms with Gasteiger partial charge in [-0.05, 0) is 31.0 Å². The number of hydrogen-bond donors (Lipinski definition) is 2. The smallest absolute Gasteiger partial charge is 0.388 e. The fourth-order valence-electron chi connectivity index (χ4n) is 4.06. The number of fused-ring (bicyclic) bond motifs is 1. The zero-order chi connectivity index (χ0) is 27.2. The van der Waals surface area contributed by atoms with Gasteiger partial charge in [-0.3, -0.25) is 14.4 Å². The number of nitrogens with one attached hydrogen (secondary N) is 2. The fraction of sp³-hybridized carbons (Fsp3) is 0.214. The van der Waals surface area contributed by atoms with Gasteiger partial charge in [0, 0.05) is 18.3 Å². The molecule has 38 heavy (non-hydrogen) atoms. The van der Waals surface area contributed by atoms with Crippen LogP contribution in [0.2, 0.25) is 0 Å². The van der Waals surface area contributed by atoms with Gasteiger partial charge in [-0.15, -0.1) is 0 Å². The van der Waals surface area contributed by atoms with Crippen LogP contribution in [0.1, 0.15) is 45.9 Å². The number of furan rings is 1. The Morgan fingerprint density at radius 2 is 1.66 bits per heavy atom. The van der Waals surface area contributed by atoms with Gasteiger partial charge in [0.05, 0.1) is 22.6 Å². The first-order chi connectivity index (χ1) is 18.3. The van der Waals surface area contributed by atoms with Crippen LogP contribution < -0.4 is 15.4 Å². The highest BCUT2D eigenvalue weighted by Crippen LogP contribution is 2.35. The Morgan fingerprint density at radius 3 is 2.26 bits per heavy atom. The molecule has 2 heterocycles. The van der Waals surface area contributed by atoms with Gasteiger partial charge in [0.1, 0.15) is 5.76 Å². The van der Waals surface area contributed by atoms with E-state index >= 15 is 0 Å². The number of Topliss-reactive ketones (excluding diaryl/α,β-unsaturated/α-hetero) is 1. The topological polar surface area (TPSA) is 111 Å². The molecule has 0 aliphatic carbocycles. The molecule has 10 heteroatoms. The summed E-state index contributed by atoms with van der Waals surface area (Å²) in [5.74, 6) is -2.05. The van der Waals surface area contributed by atoms with E-state index in [0.29, 0.717) is 5.69 Å². The van der Waals surface area contributed by atoms with Crippen LogP contribution in [-0.2, 0) is 17.6 Å². The molecule has 0 fully saturated rings. The maximum Gasteiger partial charge on any atom is 0.388 e. The summed E-state index contributed by atoms with van der Waals surface area (Å²) in [6, 6.07) is 16.8. The summed E-state index contributed by atoms with van der Waals surface area (Å²) in [6.07, 6.45) is 1.48. The third kappa shape index (κ3) is 5.86. The minimum atomic E-state index is -3.21. The number of alkyl halides is 2. The van der Waals surface area contributed by atoms with Gasteiger partial charge in [0.2, 0.25) is 0 Å². The van der Waals surface area contributed by atoms with E-state index in [0.717, 1.165) is 11.8 Å². The Hall–Kier alpha value is -4.60. The van der Waals surface area contributed by atoms with Crippen LogP contribution in [-0.4, -0.2) is 35.2 Å². The monoisotopic (exact) mass is 521 g/mol. The number of ketones is 1. The van der Waals surface area contributed by atoms with Crippen LogP contribution in [0.25, 0.3) is 11.0 Å². The molecule has 0 saturated heterocycles. The number of para-hydroxylation sites is 1. The van der Waals surface area contributed by atoms with E-state index in [4.69, 9.17) is 4.42 Å². The molecule has 1 unspecified atom stereocenters. The van der Waals surface area contributed by atoms with Gasteiger partial charge < -0.3 is 19.8 Å². The molecular weight excluding hydrogens is 496 g/mol. The molecule has 8 nitrogen and oxygen atoms in total. The number of amides is 2. The van der Waals surface area contributed by atoms with Gasteiger partial charge in [0.25, 0.3) is 17.7 Å². The Morgan fingerprint density at radius 1 is 1.00 bits per heavy atom.